The molecule has 0 aliphatic rings. The van der Waals surface area contributed by atoms with Crippen LogP contribution < -0.4 is 5.43 Å². The zero-order valence-corrected chi connectivity index (χ0v) is 15.5. The van der Waals surface area contributed by atoms with E-state index in [0.29, 0.717) is 11.4 Å². The fourth-order valence-corrected chi connectivity index (χ4v) is 2.70. The van der Waals surface area contributed by atoms with Gasteiger partial charge < -0.3 is 0 Å². The first-order chi connectivity index (χ1) is 11.6. The number of carbonyl (C=O) groups is 1. The van der Waals surface area contributed by atoms with E-state index in [1.54, 1.807) is 12.3 Å². The van der Waals surface area contributed by atoms with Crippen molar-refractivity contribution < 1.29 is 4.79 Å². The second-order valence-corrected chi connectivity index (χ2v) is 6.76. The van der Waals surface area contributed by atoms with E-state index in [9.17, 15) is 4.79 Å². The maximum atomic E-state index is 12.1. The second kappa shape index (κ2) is 7.55. The highest BCUT2D eigenvalue weighted by Gasteiger charge is 2.10. The number of rotatable bonds is 4. The normalized spacial score (nSPS) is 10.9. The van der Waals surface area contributed by atoms with E-state index in [1.165, 1.54) is 0 Å². The van der Waals surface area contributed by atoms with E-state index in [0.717, 1.165) is 20.1 Å². The van der Waals surface area contributed by atoms with Gasteiger partial charge in [0.1, 0.15) is 5.69 Å². The molecule has 7 heteroatoms. The Morgan fingerprint density at radius 3 is 2.62 bits per heavy atom. The predicted molar refractivity (Wildman–Crippen MR) is 101 cm³/mol. The minimum absolute atomic E-state index is 0.347. The van der Waals surface area contributed by atoms with Crippen LogP contribution in [0.3, 0.4) is 0 Å². The van der Waals surface area contributed by atoms with Crippen LogP contribution in [0.25, 0.3) is 11.3 Å². The summed E-state index contributed by atoms with van der Waals surface area (Å²) in [6.07, 6.45) is 1.58. The zero-order valence-electron chi connectivity index (χ0n) is 12.3. The summed E-state index contributed by atoms with van der Waals surface area (Å²) in [6.45, 7) is 0. The van der Waals surface area contributed by atoms with Gasteiger partial charge in [-0.1, -0.05) is 56.1 Å². The van der Waals surface area contributed by atoms with Crippen LogP contribution in [0.15, 0.2) is 68.6 Å². The Labute approximate surface area is 155 Å². The van der Waals surface area contributed by atoms with Crippen molar-refractivity contribution in [3.05, 3.63) is 74.8 Å². The summed E-state index contributed by atoms with van der Waals surface area (Å²) in [5.41, 5.74) is 5.32. The van der Waals surface area contributed by atoms with Gasteiger partial charge in [-0.05, 0) is 35.9 Å². The molecule has 2 N–H and O–H groups in total. The monoisotopic (exact) mass is 446 g/mol. The van der Waals surface area contributed by atoms with Crippen LogP contribution in [-0.4, -0.2) is 22.3 Å². The minimum Gasteiger partial charge on any atom is -0.272 e. The van der Waals surface area contributed by atoms with Crippen molar-refractivity contribution >= 4 is 44.0 Å². The van der Waals surface area contributed by atoms with Crippen LogP contribution in [0.4, 0.5) is 0 Å². The SMILES string of the molecule is O=C(N/N=C/c1cccc(Br)c1)c1cc(-c2ccc(Br)cc2)n[nH]1. The number of nitrogens with one attached hydrogen (secondary N) is 2. The van der Waals surface area contributed by atoms with Crippen molar-refractivity contribution in [2.45, 2.75) is 0 Å². The highest BCUT2D eigenvalue weighted by Crippen LogP contribution is 2.20. The summed E-state index contributed by atoms with van der Waals surface area (Å²) in [4.78, 5) is 12.1. The van der Waals surface area contributed by atoms with Crippen LogP contribution in [0.5, 0.6) is 0 Å². The summed E-state index contributed by atoms with van der Waals surface area (Å²) >= 11 is 6.77. The molecule has 1 amide bonds. The maximum Gasteiger partial charge on any atom is 0.289 e. The number of halogens is 2. The van der Waals surface area contributed by atoms with Crippen molar-refractivity contribution in [2.24, 2.45) is 5.10 Å². The lowest BCUT2D eigenvalue weighted by atomic mass is 10.1. The zero-order chi connectivity index (χ0) is 16.9. The van der Waals surface area contributed by atoms with E-state index in [-0.39, 0.29) is 5.91 Å². The van der Waals surface area contributed by atoms with Gasteiger partial charge in [-0.3, -0.25) is 9.89 Å². The van der Waals surface area contributed by atoms with Crippen molar-refractivity contribution in [2.75, 3.05) is 0 Å². The number of aromatic amines is 1. The van der Waals surface area contributed by atoms with E-state index in [4.69, 9.17) is 0 Å². The standard InChI is InChI=1S/C17H12Br2N4O/c18-13-6-4-12(5-7-13)15-9-16(22-21-15)17(24)23-20-10-11-2-1-3-14(19)8-11/h1-10H,(H,21,22)(H,23,24)/b20-10+. The number of benzene rings is 2. The first-order valence-electron chi connectivity index (χ1n) is 7.02. The molecule has 0 aliphatic carbocycles. The molecule has 0 bridgehead atoms. The fraction of sp³-hybridized carbons (Fsp3) is 0. The molecule has 1 heterocycles. The number of hydrogen-bond acceptors (Lipinski definition) is 3. The predicted octanol–water partition coefficient (Wildman–Crippen LogP) is 4.37. The molecule has 5 nitrogen and oxygen atoms in total. The number of hydrazone groups is 1. The van der Waals surface area contributed by atoms with Crippen LogP contribution in [0.2, 0.25) is 0 Å². The molecule has 0 unspecified atom stereocenters. The molecular formula is C17H12Br2N4O. The topological polar surface area (TPSA) is 70.1 Å². The van der Waals surface area contributed by atoms with E-state index in [2.05, 4.69) is 52.6 Å². The van der Waals surface area contributed by atoms with Gasteiger partial charge >= 0.3 is 0 Å². The first kappa shape index (κ1) is 16.6. The number of hydrogen-bond donors (Lipinski definition) is 2. The molecule has 0 saturated carbocycles. The van der Waals surface area contributed by atoms with Gasteiger partial charge in [0, 0.05) is 14.5 Å². The Morgan fingerprint density at radius 1 is 1.08 bits per heavy atom. The lowest BCUT2D eigenvalue weighted by molar-refractivity contribution is 0.0950. The number of H-pyrrole nitrogens is 1. The number of nitrogens with zero attached hydrogens (tertiary/aromatic N) is 2. The number of carbonyl (C=O) groups excluding carboxylic acids is 1. The summed E-state index contributed by atoms with van der Waals surface area (Å²) in [5.74, 6) is -0.350. The molecule has 0 spiro atoms. The molecule has 24 heavy (non-hydrogen) atoms. The smallest absolute Gasteiger partial charge is 0.272 e. The van der Waals surface area contributed by atoms with Gasteiger partial charge in [0.25, 0.3) is 5.91 Å². The van der Waals surface area contributed by atoms with Gasteiger partial charge in [0.2, 0.25) is 0 Å². The quantitative estimate of drug-likeness (QED) is 0.460. The largest absolute Gasteiger partial charge is 0.289 e. The van der Waals surface area contributed by atoms with Crippen molar-refractivity contribution in [3.63, 3.8) is 0 Å². The first-order valence-corrected chi connectivity index (χ1v) is 8.61. The molecule has 120 valence electrons. The van der Waals surface area contributed by atoms with E-state index in [1.807, 2.05) is 48.5 Å². The summed E-state index contributed by atoms with van der Waals surface area (Å²) in [6, 6.07) is 17.0. The Morgan fingerprint density at radius 2 is 1.88 bits per heavy atom. The molecule has 0 aliphatic heterocycles. The Bertz CT molecular complexity index is 888. The third kappa shape index (κ3) is 4.18. The third-order valence-electron chi connectivity index (χ3n) is 3.19. The maximum absolute atomic E-state index is 12.1. The molecule has 0 radical (unpaired) electrons. The van der Waals surface area contributed by atoms with Gasteiger partial charge in [0.05, 0.1) is 11.9 Å². The van der Waals surface area contributed by atoms with Crippen molar-refractivity contribution in [3.8, 4) is 11.3 Å². The molecule has 3 rings (SSSR count). The number of aromatic nitrogens is 2. The van der Waals surface area contributed by atoms with Crippen LogP contribution in [0, 0.1) is 0 Å². The van der Waals surface area contributed by atoms with Gasteiger partial charge in [-0.2, -0.15) is 10.2 Å². The average Bonchev–Trinajstić information content (AvgIpc) is 3.05. The minimum atomic E-state index is -0.350. The molecule has 2 aromatic carbocycles. The molecule has 0 atom stereocenters. The van der Waals surface area contributed by atoms with Gasteiger partial charge in [-0.25, -0.2) is 5.43 Å². The summed E-state index contributed by atoms with van der Waals surface area (Å²) in [7, 11) is 0. The van der Waals surface area contributed by atoms with Crippen LogP contribution in [-0.2, 0) is 0 Å². The fourth-order valence-electron chi connectivity index (χ4n) is 2.02. The Balaban J connectivity index is 1.66. The Hall–Kier alpha value is -2.25. The highest BCUT2D eigenvalue weighted by molar-refractivity contribution is 9.10. The van der Waals surface area contributed by atoms with Crippen LogP contribution >= 0.6 is 31.9 Å². The lowest BCUT2D eigenvalue weighted by Crippen LogP contribution is -2.17. The number of amides is 1. The van der Waals surface area contributed by atoms with Gasteiger partial charge in [0.15, 0.2) is 0 Å². The van der Waals surface area contributed by atoms with E-state index >= 15 is 0 Å². The second-order valence-electron chi connectivity index (χ2n) is 4.93. The molecule has 1 aromatic heterocycles. The molecular weight excluding hydrogens is 436 g/mol. The lowest BCUT2D eigenvalue weighted by Gasteiger charge is -1.97. The van der Waals surface area contributed by atoms with Crippen LogP contribution in [0.1, 0.15) is 16.1 Å². The average molecular weight is 448 g/mol. The Kier molecular flexibility index (Phi) is 5.22. The van der Waals surface area contributed by atoms with Gasteiger partial charge in [-0.15, -0.1) is 0 Å². The third-order valence-corrected chi connectivity index (χ3v) is 4.21. The summed E-state index contributed by atoms with van der Waals surface area (Å²) in [5, 5.41) is 10.8. The van der Waals surface area contributed by atoms with E-state index < -0.39 is 0 Å². The summed E-state index contributed by atoms with van der Waals surface area (Å²) < 4.78 is 1.94. The molecule has 0 fully saturated rings. The van der Waals surface area contributed by atoms with Crippen molar-refractivity contribution in [1.29, 1.82) is 0 Å². The highest BCUT2D eigenvalue weighted by atomic mass is 79.9. The molecule has 0 saturated heterocycles. The molecule has 3 aromatic rings. The van der Waals surface area contributed by atoms with Crippen molar-refractivity contribution in [1.82, 2.24) is 15.6 Å².